The van der Waals surface area contributed by atoms with Crippen LogP contribution in [0, 0.1) is 5.92 Å². The molecule has 2 N–H and O–H groups in total. The Labute approximate surface area is 115 Å². The van der Waals surface area contributed by atoms with Gasteiger partial charge in [-0.25, -0.2) is 4.98 Å². The molecule has 1 aliphatic rings. The predicted molar refractivity (Wildman–Crippen MR) is 78.2 cm³/mol. The van der Waals surface area contributed by atoms with E-state index in [2.05, 4.69) is 27.3 Å². The Hall–Kier alpha value is -1.13. The van der Waals surface area contributed by atoms with Crippen molar-refractivity contribution in [3.05, 3.63) is 23.9 Å². The van der Waals surface area contributed by atoms with E-state index in [1.807, 2.05) is 20.0 Å². The first kappa shape index (κ1) is 14.3. The van der Waals surface area contributed by atoms with Gasteiger partial charge in [0, 0.05) is 32.4 Å². The van der Waals surface area contributed by atoms with E-state index in [9.17, 15) is 5.11 Å². The van der Waals surface area contributed by atoms with Gasteiger partial charge in [0.05, 0.1) is 6.10 Å². The van der Waals surface area contributed by atoms with Gasteiger partial charge < -0.3 is 15.3 Å². The molecule has 0 bridgehead atoms. The van der Waals surface area contributed by atoms with Crippen molar-refractivity contribution < 1.29 is 5.11 Å². The number of aromatic nitrogens is 1. The maximum atomic E-state index is 9.71. The molecular weight excluding hydrogens is 238 g/mol. The Morgan fingerprint density at radius 1 is 1.32 bits per heavy atom. The van der Waals surface area contributed by atoms with Crippen LogP contribution in [0.25, 0.3) is 0 Å². The number of aliphatic hydroxyl groups is 1. The zero-order chi connectivity index (χ0) is 13.7. The van der Waals surface area contributed by atoms with E-state index in [4.69, 9.17) is 0 Å². The topological polar surface area (TPSA) is 48.4 Å². The van der Waals surface area contributed by atoms with Gasteiger partial charge in [0.1, 0.15) is 5.82 Å². The highest BCUT2D eigenvalue weighted by molar-refractivity contribution is 5.40. The molecule has 0 saturated carbocycles. The van der Waals surface area contributed by atoms with Crippen LogP contribution in [0.3, 0.4) is 0 Å². The zero-order valence-corrected chi connectivity index (χ0v) is 12.0. The fourth-order valence-electron chi connectivity index (χ4n) is 2.25. The first-order chi connectivity index (χ1) is 9.16. The van der Waals surface area contributed by atoms with Crippen LogP contribution in [0.15, 0.2) is 18.3 Å². The lowest BCUT2D eigenvalue weighted by molar-refractivity contribution is 0.123. The van der Waals surface area contributed by atoms with Gasteiger partial charge in [0.15, 0.2) is 0 Å². The van der Waals surface area contributed by atoms with E-state index in [1.165, 1.54) is 18.4 Å². The molecule has 0 spiro atoms. The molecule has 1 saturated heterocycles. The Balaban J connectivity index is 1.78. The quantitative estimate of drug-likeness (QED) is 0.821. The van der Waals surface area contributed by atoms with Crippen LogP contribution in [0.1, 0.15) is 32.3 Å². The zero-order valence-electron chi connectivity index (χ0n) is 12.0. The largest absolute Gasteiger partial charge is 0.392 e. The van der Waals surface area contributed by atoms with E-state index >= 15 is 0 Å². The minimum Gasteiger partial charge on any atom is -0.392 e. The van der Waals surface area contributed by atoms with E-state index in [0.29, 0.717) is 12.5 Å². The first-order valence-electron chi connectivity index (χ1n) is 7.25. The van der Waals surface area contributed by atoms with Gasteiger partial charge in [-0.1, -0.05) is 19.9 Å². The Morgan fingerprint density at radius 2 is 2.05 bits per heavy atom. The van der Waals surface area contributed by atoms with Gasteiger partial charge in [-0.15, -0.1) is 0 Å². The van der Waals surface area contributed by atoms with Crippen molar-refractivity contribution in [2.45, 2.75) is 39.3 Å². The molecule has 1 aliphatic heterocycles. The number of hydrogen-bond donors (Lipinski definition) is 2. The normalized spacial score (nSPS) is 17.2. The molecule has 0 aliphatic carbocycles. The van der Waals surface area contributed by atoms with Crippen LogP contribution in [-0.4, -0.2) is 35.8 Å². The minimum absolute atomic E-state index is 0.281. The standard InChI is InChI=1S/C15H25N3O/c1-12(2)14(19)11-16-9-13-5-6-15(17-10-13)18-7-3-4-8-18/h5-6,10,12,14,16,19H,3-4,7-9,11H2,1-2H3. The lowest BCUT2D eigenvalue weighted by atomic mass is 10.1. The van der Waals surface area contributed by atoms with Crippen LogP contribution in [0.4, 0.5) is 5.82 Å². The third-order valence-corrected chi connectivity index (χ3v) is 3.69. The van der Waals surface area contributed by atoms with Crippen molar-refractivity contribution in [3.63, 3.8) is 0 Å². The monoisotopic (exact) mass is 263 g/mol. The van der Waals surface area contributed by atoms with E-state index in [1.54, 1.807) is 0 Å². The second-order valence-electron chi connectivity index (χ2n) is 5.66. The summed E-state index contributed by atoms with van der Waals surface area (Å²) in [5.41, 5.74) is 1.17. The van der Waals surface area contributed by atoms with E-state index in [-0.39, 0.29) is 6.10 Å². The maximum Gasteiger partial charge on any atom is 0.128 e. The Bertz CT molecular complexity index is 371. The van der Waals surface area contributed by atoms with Crippen LogP contribution in [0.2, 0.25) is 0 Å². The van der Waals surface area contributed by atoms with E-state index < -0.39 is 0 Å². The highest BCUT2D eigenvalue weighted by atomic mass is 16.3. The van der Waals surface area contributed by atoms with Crippen molar-refractivity contribution >= 4 is 5.82 Å². The van der Waals surface area contributed by atoms with Gasteiger partial charge in [-0.05, 0) is 30.4 Å². The number of pyridine rings is 1. The summed E-state index contributed by atoms with van der Waals surface area (Å²) in [5.74, 6) is 1.38. The fraction of sp³-hybridized carbons (Fsp3) is 0.667. The maximum absolute atomic E-state index is 9.71. The molecule has 1 aromatic rings. The van der Waals surface area contributed by atoms with Crippen LogP contribution >= 0.6 is 0 Å². The molecule has 2 heterocycles. The molecule has 1 atom stereocenters. The molecule has 1 aromatic heterocycles. The number of hydrogen-bond acceptors (Lipinski definition) is 4. The summed E-state index contributed by atoms with van der Waals surface area (Å²) in [7, 11) is 0. The number of nitrogens with zero attached hydrogens (tertiary/aromatic N) is 2. The summed E-state index contributed by atoms with van der Waals surface area (Å²) in [5, 5.41) is 13.0. The first-order valence-corrected chi connectivity index (χ1v) is 7.25. The van der Waals surface area contributed by atoms with Crippen molar-refractivity contribution in [2.24, 2.45) is 5.92 Å². The van der Waals surface area contributed by atoms with Gasteiger partial charge in [0.2, 0.25) is 0 Å². The third kappa shape index (κ3) is 4.18. The molecule has 2 rings (SSSR count). The number of anilines is 1. The molecular formula is C15H25N3O. The lowest BCUT2D eigenvalue weighted by Gasteiger charge is -2.17. The average molecular weight is 263 g/mol. The molecule has 4 nitrogen and oxygen atoms in total. The lowest BCUT2D eigenvalue weighted by Crippen LogP contribution is -2.30. The Kier molecular flexibility index (Phi) is 5.16. The highest BCUT2D eigenvalue weighted by Crippen LogP contribution is 2.17. The smallest absolute Gasteiger partial charge is 0.128 e. The number of nitrogens with one attached hydrogen (secondary N) is 1. The molecule has 1 unspecified atom stereocenters. The van der Waals surface area contributed by atoms with E-state index in [0.717, 1.165) is 25.5 Å². The van der Waals surface area contributed by atoms with Gasteiger partial charge in [-0.3, -0.25) is 0 Å². The minimum atomic E-state index is -0.281. The summed E-state index contributed by atoms with van der Waals surface area (Å²) in [4.78, 5) is 6.85. The molecule has 1 fully saturated rings. The second kappa shape index (κ2) is 6.87. The van der Waals surface area contributed by atoms with Crippen molar-refractivity contribution in [1.82, 2.24) is 10.3 Å². The van der Waals surface area contributed by atoms with Gasteiger partial charge in [0.25, 0.3) is 0 Å². The molecule has 19 heavy (non-hydrogen) atoms. The summed E-state index contributed by atoms with van der Waals surface area (Å²) in [6.45, 7) is 7.70. The predicted octanol–water partition coefficient (Wildman–Crippen LogP) is 1.79. The van der Waals surface area contributed by atoms with Gasteiger partial charge in [-0.2, -0.15) is 0 Å². The molecule has 106 valence electrons. The van der Waals surface area contributed by atoms with Crippen LogP contribution in [-0.2, 0) is 6.54 Å². The molecule has 0 radical (unpaired) electrons. The van der Waals surface area contributed by atoms with Crippen molar-refractivity contribution in [2.75, 3.05) is 24.5 Å². The summed E-state index contributed by atoms with van der Waals surface area (Å²) < 4.78 is 0. The highest BCUT2D eigenvalue weighted by Gasteiger charge is 2.13. The molecule has 0 aromatic carbocycles. The summed E-state index contributed by atoms with van der Waals surface area (Å²) in [6, 6.07) is 4.22. The average Bonchev–Trinajstić information content (AvgIpc) is 2.93. The number of rotatable bonds is 6. The summed E-state index contributed by atoms with van der Waals surface area (Å²) in [6.07, 6.45) is 4.20. The molecule has 4 heteroatoms. The van der Waals surface area contributed by atoms with Crippen molar-refractivity contribution in [3.8, 4) is 0 Å². The molecule has 0 amide bonds. The second-order valence-corrected chi connectivity index (χ2v) is 5.66. The van der Waals surface area contributed by atoms with Crippen molar-refractivity contribution in [1.29, 1.82) is 0 Å². The van der Waals surface area contributed by atoms with Gasteiger partial charge >= 0.3 is 0 Å². The van der Waals surface area contributed by atoms with Crippen LogP contribution in [0.5, 0.6) is 0 Å². The summed E-state index contributed by atoms with van der Waals surface area (Å²) >= 11 is 0. The SMILES string of the molecule is CC(C)C(O)CNCc1ccc(N2CCCC2)nc1. The Morgan fingerprint density at radius 3 is 2.63 bits per heavy atom. The number of aliphatic hydroxyl groups excluding tert-OH is 1. The van der Waals surface area contributed by atoms with Crippen LogP contribution < -0.4 is 10.2 Å². The fourth-order valence-corrected chi connectivity index (χ4v) is 2.25. The third-order valence-electron chi connectivity index (χ3n) is 3.69.